The number of benzene rings is 2. The number of aryl methyl sites for hydroxylation is 1. The molecule has 1 heterocycles. The third-order valence-electron chi connectivity index (χ3n) is 3.91. The van der Waals surface area contributed by atoms with Gasteiger partial charge in [-0.15, -0.1) is 0 Å². The molecule has 2 aromatic rings. The van der Waals surface area contributed by atoms with Crippen molar-refractivity contribution in [1.29, 1.82) is 0 Å². The lowest BCUT2D eigenvalue weighted by Gasteiger charge is -2.35. The highest BCUT2D eigenvalue weighted by molar-refractivity contribution is 6.01. The highest BCUT2D eigenvalue weighted by Gasteiger charge is 2.51. The first-order valence-corrected chi connectivity index (χ1v) is 7.55. The molecule has 1 aliphatic rings. The summed E-state index contributed by atoms with van der Waals surface area (Å²) in [5, 5.41) is 9.80. The third-order valence-corrected chi connectivity index (χ3v) is 3.91. The van der Waals surface area contributed by atoms with Crippen molar-refractivity contribution < 1.29 is 23.4 Å². The van der Waals surface area contributed by atoms with E-state index >= 15 is 0 Å². The lowest BCUT2D eigenvalue weighted by atomic mass is 10.0. The predicted molar refractivity (Wildman–Crippen MR) is 85.0 cm³/mol. The number of aliphatic hydroxyl groups excluding tert-OH is 1. The number of halogens is 2. The third kappa shape index (κ3) is 2.85. The van der Waals surface area contributed by atoms with Gasteiger partial charge >= 0.3 is 12.0 Å². The quantitative estimate of drug-likeness (QED) is 0.934. The summed E-state index contributed by atoms with van der Waals surface area (Å²) in [5.41, 5.74) is 2.15. The second kappa shape index (κ2) is 5.87. The number of hydrogen-bond donors (Lipinski definition) is 1. The fourth-order valence-corrected chi connectivity index (χ4v) is 2.78. The molecule has 0 radical (unpaired) electrons. The first kappa shape index (κ1) is 16.4. The first-order valence-electron chi connectivity index (χ1n) is 7.55. The molecular formula is C18H17F2NO3. The second-order valence-corrected chi connectivity index (χ2v) is 5.87. The van der Waals surface area contributed by atoms with Crippen molar-refractivity contribution >= 4 is 11.6 Å². The molecule has 0 aromatic heterocycles. The van der Waals surface area contributed by atoms with Gasteiger partial charge in [0.05, 0.1) is 18.3 Å². The van der Waals surface area contributed by atoms with Gasteiger partial charge < -0.3 is 9.84 Å². The molecule has 1 N–H and O–H groups in total. The van der Waals surface area contributed by atoms with Gasteiger partial charge in [0.25, 0.3) is 0 Å². The van der Waals surface area contributed by atoms with Crippen molar-refractivity contribution in [2.75, 3.05) is 4.90 Å². The van der Waals surface area contributed by atoms with E-state index in [9.17, 15) is 18.7 Å². The van der Waals surface area contributed by atoms with Crippen LogP contribution in [-0.4, -0.2) is 17.1 Å². The van der Waals surface area contributed by atoms with Gasteiger partial charge in [0.15, 0.2) is 5.75 Å². The van der Waals surface area contributed by atoms with Crippen LogP contribution >= 0.6 is 0 Å². The number of nitrogens with zero attached hydrogens (tertiary/aromatic N) is 1. The lowest BCUT2D eigenvalue weighted by Crippen LogP contribution is -2.50. The predicted octanol–water partition coefficient (Wildman–Crippen LogP) is 3.57. The molecular weight excluding hydrogens is 316 g/mol. The van der Waals surface area contributed by atoms with Crippen LogP contribution in [0.15, 0.2) is 42.5 Å². The standard InChI is InChI=1S/C18H17F2NO3/c1-11-5-3-6-13(9-11)10-21-15-8-4-7-14(12(2)22)16(15)24-18(19,20)17(21)23/h3-9,12,22H,10H2,1-2H3. The van der Waals surface area contributed by atoms with Gasteiger partial charge in [0.1, 0.15) is 0 Å². The SMILES string of the molecule is Cc1cccc(CN2C(=O)C(F)(F)Oc3c(C(C)O)cccc32)c1. The molecule has 0 saturated carbocycles. The average molecular weight is 333 g/mol. The number of hydrogen-bond acceptors (Lipinski definition) is 3. The van der Waals surface area contributed by atoms with Gasteiger partial charge in [-0.1, -0.05) is 42.0 Å². The van der Waals surface area contributed by atoms with E-state index in [2.05, 4.69) is 4.74 Å². The Morgan fingerprint density at radius 3 is 2.62 bits per heavy atom. The summed E-state index contributed by atoms with van der Waals surface area (Å²) in [6.45, 7) is 3.34. The highest BCUT2D eigenvalue weighted by Crippen LogP contribution is 2.44. The maximum absolute atomic E-state index is 14.1. The van der Waals surface area contributed by atoms with Crippen LogP contribution in [-0.2, 0) is 11.3 Å². The number of fused-ring (bicyclic) bond motifs is 1. The number of para-hydroxylation sites is 1. The number of rotatable bonds is 3. The molecule has 0 bridgehead atoms. The molecule has 0 fully saturated rings. The molecule has 4 nitrogen and oxygen atoms in total. The number of amides is 1. The van der Waals surface area contributed by atoms with Crippen molar-refractivity contribution in [1.82, 2.24) is 0 Å². The van der Waals surface area contributed by atoms with Gasteiger partial charge in [-0.25, -0.2) is 0 Å². The van der Waals surface area contributed by atoms with E-state index in [1.54, 1.807) is 18.2 Å². The molecule has 0 aliphatic carbocycles. The fourth-order valence-electron chi connectivity index (χ4n) is 2.78. The van der Waals surface area contributed by atoms with Crippen molar-refractivity contribution in [2.45, 2.75) is 32.6 Å². The molecule has 24 heavy (non-hydrogen) atoms. The Morgan fingerprint density at radius 2 is 1.96 bits per heavy atom. The summed E-state index contributed by atoms with van der Waals surface area (Å²) in [6.07, 6.45) is -4.97. The van der Waals surface area contributed by atoms with Gasteiger partial charge in [0.2, 0.25) is 0 Å². The van der Waals surface area contributed by atoms with Crippen LogP contribution in [0.2, 0.25) is 0 Å². The Balaban J connectivity index is 2.09. The molecule has 126 valence electrons. The summed E-state index contributed by atoms with van der Waals surface area (Å²) < 4.78 is 32.7. The van der Waals surface area contributed by atoms with E-state index in [4.69, 9.17) is 0 Å². The smallest absolute Gasteiger partial charge is 0.423 e. The minimum absolute atomic E-state index is 0.00424. The molecule has 1 aliphatic heterocycles. The largest absolute Gasteiger partial charge is 0.483 e. The molecule has 0 spiro atoms. The van der Waals surface area contributed by atoms with E-state index in [-0.39, 0.29) is 23.5 Å². The number of ether oxygens (including phenoxy) is 1. The van der Waals surface area contributed by atoms with E-state index in [1.165, 1.54) is 19.1 Å². The Bertz CT molecular complexity index is 790. The van der Waals surface area contributed by atoms with Crippen molar-refractivity contribution in [2.24, 2.45) is 0 Å². The van der Waals surface area contributed by atoms with E-state index in [0.717, 1.165) is 16.0 Å². The summed E-state index contributed by atoms with van der Waals surface area (Å²) in [6, 6.07) is 11.9. The number of carbonyl (C=O) groups is 1. The summed E-state index contributed by atoms with van der Waals surface area (Å²) in [4.78, 5) is 13.2. The highest BCUT2D eigenvalue weighted by atomic mass is 19.3. The van der Waals surface area contributed by atoms with E-state index in [0.29, 0.717) is 0 Å². The van der Waals surface area contributed by atoms with Crippen LogP contribution in [0.5, 0.6) is 5.75 Å². The lowest BCUT2D eigenvalue weighted by molar-refractivity contribution is -0.193. The maximum Gasteiger partial charge on any atom is 0.483 e. The number of aliphatic hydroxyl groups is 1. The summed E-state index contributed by atoms with van der Waals surface area (Å²) >= 11 is 0. The summed E-state index contributed by atoms with van der Waals surface area (Å²) in [5.74, 6) is -1.58. The normalized spacial score (nSPS) is 17.2. The average Bonchev–Trinajstić information content (AvgIpc) is 2.51. The molecule has 3 rings (SSSR count). The molecule has 1 unspecified atom stereocenters. The zero-order valence-electron chi connectivity index (χ0n) is 13.3. The molecule has 1 amide bonds. The van der Waals surface area contributed by atoms with Crippen LogP contribution in [0.3, 0.4) is 0 Å². The minimum Gasteiger partial charge on any atom is -0.423 e. The van der Waals surface area contributed by atoms with Gasteiger partial charge in [-0.05, 0) is 25.5 Å². The number of carbonyl (C=O) groups excluding carboxylic acids is 1. The first-order chi connectivity index (χ1) is 11.3. The zero-order valence-corrected chi connectivity index (χ0v) is 13.3. The Morgan fingerprint density at radius 1 is 1.25 bits per heavy atom. The van der Waals surface area contributed by atoms with Crippen LogP contribution in [0.1, 0.15) is 29.7 Å². The minimum atomic E-state index is -3.97. The van der Waals surface area contributed by atoms with Gasteiger partial charge in [-0.2, -0.15) is 8.78 Å². The number of alkyl halides is 2. The van der Waals surface area contributed by atoms with Crippen LogP contribution < -0.4 is 9.64 Å². The van der Waals surface area contributed by atoms with Crippen molar-refractivity contribution in [3.05, 3.63) is 59.2 Å². The molecule has 2 aromatic carbocycles. The Kier molecular flexibility index (Phi) is 4.01. The van der Waals surface area contributed by atoms with Crippen molar-refractivity contribution in [3.8, 4) is 5.75 Å². The molecule has 1 atom stereocenters. The van der Waals surface area contributed by atoms with Gasteiger partial charge in [0, 0.05) is 5.56 Å². The van der Waals surface area contributed by atoms with Crippen LogP contribution in [0, 0.1) is 6.92 Å². The van der Waals surface area contributed by atoms with Crippen molar-refractivity contribution in [3.63, 3.8) is 0 Å². The Labute approximate surface area is 138 Å². The van der Waals surface area contributed by atoms with Crippen LogP contribution in [0.4, 0.5) is 14.5 Å². The van der Waals surface area contributed by atoms with E-state index in [1.807, 2.05) is 19.1 Å². The van der Waals surface area contributed by atoms with Crippen LogP contribution in [0.25, 0.3) is 0 Å². The number of anilines is 1. The van der Waals surface area contributed by atoms with Gasteiger partial charge in [-0.3, -0.25) is 9.69 Å². The summed E-state index contributed by atoms with van der Waals surface area (Å²) in [7, 11) is 0. The topological polar surface area (TPSA) is 49.8 Å². The monoisotopic (exact) mass is 333 g/mol. The maximum atomic E-state index is 14.1. The Hall–Kier alpha value is -2.47. The van der Waals surface area contributed by atoms with E-state index < -0.39 is 18.1 Å². The molecule has 0 saturated heterocycles. The zero-order chi connectivity index (χ0) is 17.5. The second-order valence-electron chi connectivity index (χ2n) is 5.87. The fraction of sp³-hybridized carbons (Fsp3) is 0.278. The molecule has 6 heteroatoms.